The van der Waals surface area contributed by atoms with E-state index in [4.69, 9.17) is 9.72 Å². The summed E-state index contributed by atoms with van der Waals surface area (Å²) in [7, 11) is 1.66. The van der Waals surface area contributed by atoms with E-state index in [1.54, 1.807) is 18.4 Å². The van der Waals surface area contributed by atoms with Crippen LogP contribution < -0.4 is 9.64 Å². The Hall–Kier alpha value is -1.88. The van der Waals surface area contributed by atoms with Crippen LogP contribution in [0.25, 0.3) is 11.3 Å². The largest absolute Gasteiger partial charge is 0.497 e. The Kier molecular flexibility index (Phi) is 11.8. The van der Waals surface area contributed by atoms with Gasteiger partial charge in [0.1, 0.15) is 5.75 Å². The van der Waals surface area contributed by atoms with Gasteiger partial charge >= 0.3 is 0 Å². The third-order valence-corrected chi connectivity index (χ3v) is 7.47. The van der Waals surface area contributed by atoms with Crippen LogP contribution in [0.5, 0.6) is 5.75 Å². The predicted molar refractivity (Wildman–Crippen MR) is 138 cm³/mol. The van der Waals surface area contributed by atoms with Gasteiger partial charge in [0.15, 0.2) is 11.4 Å². The van der Waals surface area contributed by atoms with Crippen LogP contribution >= 0.6 is 11.3 Å². The van der Waals surface area contributed by atoms with Crippen LogP contribution in [0, 0.1) is 11.8 Å². The van der Waals surface area contributed by atoms with E-state index < -0.39 is 0 Å². The van der Waals surface area contributed by atoms with Crippen molar-refractivity contribution in [3.8, 4) is 17.0 Å². The Labute approximate surface area is 199 Å². The third kappa shape index (κ3) is 7.61. The number of aldehydes is 1. The van der Waals surface area contributed by atoms with Crippen molar-refractivity contribution >= 4 is 22.8 Å². The molecule has 1 aromatic heterocycles. The van der Waals surface area contributed by atoms with Gasteiger partial charge in [0.05, 0.1) is 17.7 Å². The number of unbranched alkanes of at least 4 members (excludes halogenated alkanes) is 2. The van der Waals surface area contributed by atoms with Gasteiger partial charge in [0, 0.05) is 18.7 Å². The van der Waals surface area contributed by atoms with Crippen LogP contribution in [0.15, 0.2) is 24.3 Å². The highest BCUT2D eigenvalue weighted by Gasteiger charge is 2.22. The summed E-state index contributed by atoms with van der Waals surface area (Å²) in [5.41, 5.74) is 1.75. The first-order valence-corrected chi connectivity index (χ1v) is 13.3. The molecule has 0 aliphatic heterocycles. The number of hydrogen-bond donors (Lipinski definition) is 0. The van der Waals surface area contributed by atoms with E-state index in [-0.39, 0.29) is 0 Å². The van der Waals surface area contributed by atoms with E-state index in [1.807, 2.05) is 24.3 Å². The Bertz CT molecular complexity index is 769. The van der Waals surface area contributed by atoms with E-state index in [1.165, 1.54) is 51.4 Å². The van der Waals surface area contributed by atoms with Crippen LogP contribution in [0.1, 0.15) is 88.7 Å². The monoisotopic (exact) mass is 458 g/mol. The zero-order chi connectivity index (χ0) is 23.3. The van der Waals surface area contributed by atoms with Crippen molar-refractivity contribution in [2.75, 3.05) is 25.1 Å². The molecule has 2 unspecified atom stereocenters. The van der Waals surface area contributed by atoms with E-state index in [0.29, 0.717) is 16.7 Å². The number of ether oxygens (including phenoxy) is 1. The van der Waals surface area contributed by atoms with Crippen molar-refractivity contribution in [2.45, 2.75) is 79.1 Å². The van der Waals surface area contributed by atoms with Gasteiger partial charge in [-0.15, -0.1) is 0 Å². The highest BCUT2D eigenvalue weighted by Crippen LogP contribution is 2.34. The van der Waals surface area contributed by atoms with Crippen LogP contribution in [-0.4, -0.2) is 31.5 Å². The molecule has 5 heteroatoms. The average Bonchev–Trinajstić information content (AvgIpc) is 3.27. The standard InChI is InChI=1S/C27H42N2O2S/c1-6-10-12-21(8-3)18-29(19-22(9-4)13-11-7-2)27-28-26(25(20-30)32-27)23-14-16-24(31-5)17-15-23/h14-17,20-22H,6-13,18-19H2,1-5H3. The van der Waals surface area contributed by atoms with E-state index in [2.05, 4.69) is 32.6 Å². The Morgan fingerprint density at radius 3 is 1.97 bits per heavy atom. The lowest BCUT2D eigenvalue weighted by molar-refractivity contribution is 0.112. The SMILES string of the molecule is CCCCC(CC)CN(CC(CC)CCCC)c1nc(-c2ccc(OC)cc2)c(C=O)s1. The summed E-state index contributed by atoms with van der Waals surface area (Å²) in [6.45, 7) is 11.2. The Morgan fingerprint density at radius 2 is 1.53 bits per heavy atom. The highest BCUT2D eigenvalue weighted by molar-refractivity contribution is 7.17. The van der Waals surface area contributed by atoms with Gasteiger partial charge in [-0.05, 0) is 48.9 Å². The fraction of sp³-hybridized carbons (Fsp3) is 0.630. The topological polar surface area (TPSA) is 42.4 Å². The molecule has 0 bridgehead atoms. The van der Waals surface area contributed by atoms with Gasteiger partial charge < -0.3 is 9.64 Å². The fourth-order valence-electron chi connectivity index (χ4n) is 4.18. The number of nitrogens with zero attached hydrogens (tertiary/aromatic N) is 2. The number of carbonyl (C=O) groups excluding carboxylic acids is 1. The quantitative estimate of drug-likeness (QED) is 0.240. The molecule has 4 nitrogen and oxygen atoms in total. The van der Waals surface area contributed by atoms with Gasteiger partial charge in [0.25, 0.3) is 0 Å². The molecule has 0 radical (unpaired) electrons. The molecular weight excluding hydrogens is 416 g/mol. The molecule has 2 atom stereocenters. The minimum atomic E-state index is 0.659. The van der Waals surface area contributed by atoms with Gasteiger partial charge in [-0.3, -0.25) is 4.79 Å². The molecule has 0 saturated heterocycles. The molecule has 1 heterocycles. The van der Waals surface area contributed by atoms with Crippen LogP contribution in [0.4, 0.5) is 5.13 Å². The fourth-order valence-corrected chi connectivity index (χ4v) is 5.10. The lowest BCUT2D eigenvalue weighted by Gasteiger charge is -2.30. The number of thiazole rings is 1. The molecule has 0 amide bonds. The minimum Gasteiger partial charge on any atom is -0.497 e. The molecule has 0 spiro atoms. The summed E-state index contributed by atoms with van der Waals surface area (Å²) in [5, 5.41) is 0.989. The molecule has 0 saturated carbocycles. The zero-order valence-electron chi connectivity index (χ0n) is 20.7. The first-order valence-electron chi connectivity index (χ1n) is 12.4. The van der Waals surface area contributed by atoms with Crippen LogP contribution in [0.3, 0.4) is 0 Å². The molecule has 0 aliphatic rings. The summed E-state index contributed by atoms with van der Waals surface area (Å²) >= 11 is 1.54. The van der Waals surface area contributed by atoms with Crippen molar-refractivity contribution in [1.29, 1.82) is 0 Å². The number of anilines is 1. The van der Waals surface area contributed by atoms with Crippen molar-refractivity contribution in [1.82, 2.24) is 4.98 Å². The van der Waals surface area contributed by atoms with Gasteiger partial charge in [-0.2, -0.15) is 0 Å². The second-order valence-electron chi connectivity index (χ2n) is 8.79. The predicted octanol–water partition coefficient (Wildman–Crippen LogP) is 7.87. The van der Waals surface area contributed by atoms with Gasteiger partial charge in [0.2, 0.25) is 0 Å². The number of aromatic nitrogens is 1. The van der Waals surface area contributed by atoms with E-state index in [0.717, 1.165) is 41.5 Å². The molecule has 2 rings (SSSR count). The van der Waals surface area contributed by atoms with Crippen molar-refractivity contribution < 1.29 is 9.53 Å². The first-order chi connectivity index (χ1) is 15.6. The van der Waals surface area contributed by atoms with Crippen molar-refractivity contribution in [3.05, 3.63) is 29.1 Å². The number of rotatable bonds is 16. The van der Waals surface area contributed by atoms with Crippen LogP contribution in [-0.2, 0) is 0 Å². The maximum atomic E-state index is 11.9. The molecule has 0 fully saturated rings. The maximum Gasteiger partial charge on any atom is 0.186 e. The Balaban J connectivity index is 2.35. The first kappa shape index (κ1) is 26.4. The third-order valence-electron chi connectivity index (χ3n) is 6.43. The van der Waals surface area contributed by atoms with E-state index >= 15 is 0 Å². The van der Waals surface area contributed by atoms with E-state index in [9.17, 15) is 4.79 Å². The molecule has 0 N–H and O–H groups in total. The molecule has 0 aliphatic carbocycles. The maximum absolute atomic E-state index is 11.9. The van der Waals surface area contributed by atoms with Gasteiger partial charge in [-0.25, -0.2) is 4.98 Å². The highest BCUT2D eigenvalue weighted by atomic mass is 32.1. The lowest BCUT2D eigenvalue weighted by Crippen LogP contribution is -2.34. The average molecular weight is 459 g/mol. The zero-order valence-corrected chi connectivity index (χ0v) is 21.5. The number of carbonyl (C=O) groups is 1. The summed E-state index contributed by atoms with van der Waals surface area (Å²) < 4.78 is 5.29. The second kappa shape index (κ2) is 14.3. The molecular formula is C27H42N2O2S. The lowest BCUT2D eigenvalue weighted by atomic mass is 9.96. The number of benzene rings is 1. The number of hydrogen-bond acceptors (Lipinski definition) is 5. The summed E-state index contributed by atoms with van der Waals surface area (Å²) in [6, 6.07) is 7.83. The van der Waals surface area contributed by atoms with Crippen LogP contribution in [0.2, 0.25) is 0 Å². The molecule has 32 heavy (non-hydrogen) atoms. The van der Waals surface area contributed by atoms with Crippen molar-refractivity contribution in [3.63, 3.8) is 0 Å². The van der Waals surface area contributed by atoms with Crippen molar-refractivity contribution in [2.24, 2.45) is 11.8 Å². The Morgan fingerprint density at radius 1 is 0.969 bits per heavy atom. The molecule has 2 aromatic rings. The summed E-state index contributed by atoms with van der Waals surface area (Å²) in [6.07, 6.45) is 10.8. The normalized spacial score (nSPS) is 13.0. The second-order valence-corrected chi connectivity index (χ2v) is 9.80. The number of methoxy groups -OCH3 is 1. The summed E-state index contributed by atoms with van der Waals surface area (Å²) in [5.74, 6) is 2.13. The van der Waals surface area contributed by atoms with Gasteiger partial charge in [-0.1, -0.05) is 77.6 Å². The molecule has 178 valence electrons. The minimum absolute atomic E-state index is 0.659. The summed E-state index contributed by atoms with van der Waals surface area (Å²) in [4.78, 5) is 20.1. The molecule has 1 aromatic carbocycles. The smallest absolute Gasteiger partial charge is 0.186 e.